The number of hydrogen-bond donors (Lipinski definition) is 2. The van der Waals surface area contributed by atoms with Gasteiger partial charge >= 0.3 is 6.18 Å². The lowest BCUT2D eigenvalue weighted by molar-refractivity contribution is -0.141. The van der Waals surface area contributed by atoms with Crippen LogP contribution < -0.4 is 10.6 Å². The third-order valence-corrected chi connectivity index (χ3v) is 3.87. The number of benzene rings is 1. The van der Waals surface area contributed by atoms with Gasteiger partial charge in [0.1, 0.15) is 5.69 Å². The van der Waals surface area contributed by atoms with Crippen LogP contribution in [0.15, 0.2) is 24.4 Å². The molecule has 5 nitrogen and oxygen atoms in total. The number of rotatable bonds is 3. The molecule has 0 aliphatic heterocycles. The Hall–Kier alpha value is -2.61. The zero-order chi connectivity index (χ0) is 19.6. The third-order valence-electron chi connectivity index (χ3n) is 3.66. The first kappa shape index (κ1) is 19.7. The number of nitrogens with one attached hydrogen (secondary N) is 2. The first-order valence-electron chi connectivity index (χ1n) is 7.42. The van der Waals surface area contributed by atoms with Crippen LogP contribution in [0.25, 0.3) is 0 Å². The molecule has 2 amide bonds. The number of hydrogen-bond acceptors (Lipinski definition) is 3. The maximum Gasteiger partial charge on any atom is 0.433 e. The van der Waals surface area contributed by atoms with Crippen molar-refractivity contribution in [1.82, 2.24) is 10.3 Å². The van der Waals surface area contributed by atoms with Crippen molar-refractivity contribution >= 4 is 29.1 Å². The minimum absolute atomic E-state index is 0.0322. The highest BCUT2D eigenvalue weighted by Gasteiger charge is 2.33. The highest BCUT2D eigenvalue weighted by Crippen LogP contribution is 2.29. The highest BCUT2D eigenvalue weighted by atomic mass is 35.5. The van der Waals surface area contributed by atoms with E-state index in [1.807, 2.05) is 0 Å². The molecule has 0 spiro atoms. The summed E-state index contributed by atoms with van der Waals surface area (Å²) >= 11 is 5.95. The van der Waals surface area contributed by atoms with Crippen LogP contribution in [0.2, 0.25) is 5.02 Å². The van der Waals surface area contributed by atoms with Gasteiger partial charge in [-0.05, 0) is 43.2 Å². The van der Waals surface area contributed by atoms with E-state index in [4.69, 9.17) is 11.6 Å². The molecule has 2 rings (SSSR count). The molecule has 26 heavy (non-hydrogen) atoms. The second-order valence-electron chi connectivity index (χ2n) is 5.56. The minimum atomic E-state index is -4.60. The second-order valence-corrected chi connectivity index (χ2v) is 6.00. The SMILES string of the molecule is CNC(=O)c1cc(Cl)cc(C)c1NC(=O)c1cnc(C(F)(F)F)cc1C. The van der Waals surface area contributed by atoms with Gasteiger partial charge in [-0.2, -0.15) is 13.2 Å². The van der Waals surface area contributed by atoms with Crippen molar-refractivity contribution in [2.45, 2.75) is 20.0 Å². The number of nitrogens with zero attached hydrogens (tertiary/aromatic N) is 1. The van der Waals surface area contributed by atoms with E-state index < -0.39 is 23.7 Å². The Balaban J connectivity index is 2.41. The average molecular weight is 386 g/mol. The Kier molecular flexibility index (Phi) is 5.56. The molecule has 0 fully saturated rings. The fraction of sp³-hybridized carbons (Fsp3) is 0.235. The van der Waals surface area contributed by atoms with Crippen LogP contribution in [0.4, 0.5) is 18.9 Å². The van der Waals surface area contributed by atoms with Crippen molar-refractivity contribution in [3.63, 3.8) is 0 Å². The molecular weight excluding hydrogens is 371 g/mol. The molecule has 1 aromatic heterocycles. The van der Waals surface area contributed by atoms with Crippen molar-refractivity contribution < 1.29 is 22.8 Å². The van der Waals surface area contributed by atoms with Gasteiger partial charge in [-0.15, -0.1) is 0 Å². The van der Waals surface area contributed by atoms with E-state index >= 15 is 0 Å². The molecular formula is C17H15ClF3N3O2. The van der Waals surface area contributed by atoms with Crippen molar-refractivity contribution in [3.05, 3.63) is 57.4 Å². The summed E-state index contributed by atoms with van der Waals surface area (Å²) in [7, 11) is 1.42. The van der Waals surface area contributed by atoms with E-state index in [1.54, 1.807) is 13.0 Å². The number of anilines is 1. The summed E-state index contributed by atoms with van der Waals surface area (Å²) in [6.07, 6.45) is -3.74. The molecule has 2 N–H and O–H groups in total. The molecule has 0 saturated carbocycles. The molecule has 9 heteroatoms. The molecule has 0 aliphatic carbocycles. The molecule has 2 aromatic rings. The number of aromatic nitrogens is 1. The maximum absolute atomic E-state index is 12.7. The Morgan fingerprint density at radius 2 is 1.69 bits per heavy atom. The van der Waals surface area contributed by atoms with Crippen molar-refractivity contribution in [3.8, 4) is 0 Å². The van der Waals surface area contributed by atoms with Gasteiger partial charge in [-0.1, -0.05) is 11.6 Å². The Bertz CT molecular complexity index is 882. The largest absolute Gasteiger partial charge is 0.433 e. The predicted molar refractivity (Wildman–Crippen MR) is 91.5 cm³/mol. The zero-order valence-corrected chi connectivity index (χ0v) is 14.8. The molecule has 0 radical (unpaired) electrons. The highest BCUT2D eigenvalue weighted by molar-refractivity contribution is 6.31. The molecule has 1 heterocycles. The molecule has 1 aromatic carbocycles. The minimum Gasteiger partial charge on any atom is -0.355 e. The Labute approximate surface area is 152 Å². The topological polar surface area (TPSA) is 71.1 Å². The van der Waals surface area contributed by atoms with Crippen LogP contribution in [-0.2, 0) is 6.18 Å². The number of carbonyl (C=O) groups excluding carboxylic acids is 2. The first-order valence-corrected chi connectivity index (χ1v) is 7.79. The van der Waals surface area contributed by atoms with Crippen LogP contribution in [-0.4, -0.2) is 23.8 Å². The summed E-state index contributed by atoms with van der Waals surface area (Å²) in [5.74, 6) is -1.15. The predicted octanol–water partition coefficient (Wildman–Crippen LogP) is 3.98. The molecule has 0 saturated heterocycles. The lowest BCUT2D eigenvalue weighted by atomic mass is 10.1. The number of halogens is 4. The van der Waals surface area contributed by atoms with E-state index in [1.165, 1.54) is 20.0 Å². The van der Waals surface area contributed by atoms with Gasteiger partial charge in [0, 0.05) is 18.3 Å². The summed E-state index contributed by atoms with van der Waals surface area (Å²) in [6, 6.07) is 3.74. The lowest BCUT2D eigenvalue weighted by Gasteiger charge is -2.15. The summed E-state index contributed by atoms with van der Waals surface area (Å²) in [5.41, 5.74) is -0.114. The number of pyridine rings is 1. The van der Waals surface area contributed by atoms with E-state index in [0.717, 1.165) is 12.3 Å². The van der Waals surface area contributed by atoms with E-state index in [-0.39, 0.29) is 22.4 Å². The Morgan fingerprint density at radius 3 is 2.23 bits per heavy atom. The van der Waals surface area contributed by atoms with Gasteiger partial charge in [0.25, 0.3) is 11.8 Å². The number of aryl methyl sites for hydroxylation is 2. The van der Waals surface area contributed by atoms with Crippen LogP contribution >= 0.6 is 11.6 Å². The molecule has 0 unspecified atom stereocenters. The van der Waals surface area contributed by atoms with Crippen molar-refractivity contribution in [1.29, 1.82) is 0 Å². The van der Waals surface area contributed by atoms with Gasteiger partial charge in [0.15, 0.2) is 0 Å². The van der Waals surface area contributed by atoms with E-state index in [0.29, 0.717) is 10.6 Å². The summed E-state index contributed by atoms with van der Waals surface area (Å²) in [5, 5.41) is 5.31. The summed E-state index contributed by atoms with van der Waals surface area (Å²) < 4.78 is 38.1. The van der Waals surface area contributed by atoms with Gasteiger partial charge in [-0.3, -0.25) is 14.6 Å². The zero-order valence-electron chi connectivity index (χ0n) is 14.1. The van der Waals surface area contributed by atoms with E-state index in [9.17, 15) is 22.8 Å². The van der Waals surface area contributed by atoms with Gasteiger partial charge in [0.05, 0.1) is 16.8 Å². The monoisotopic (exact) mass is 385 g/mol. The van der Waals surface area contributed by atoms with Crippen molar-refractivity contribution in [2.75, 3.05) is 12.4 Å². The van der Waals surface area contributed by atoms with Gasteiger partial charge < -0.3 is 10.6 Å². The van der Waals surface area contributed by atoms with Crippen LogP contribution in [0.3, 0.4) is 0 Å². The van der Waals surface area contributed by atoms with E-state index in [2.05, 4.69) is 15.6 Å². The fourth-order valence-electron chi connectivity index (χ4n) is 2.35. The van der Waals surface area contributed by atoms with Crippen LogP contribution in [0.1, 0.15) is 37.5 Å². The first-order chi connectivity index (χ1) is 12.0. The number of alkyl halides is 3. The summed E-state index contributed by atoms with van der Waals surface area (Å²) in [6.45, 7) is 3.02. The fourth-order valence-corrected chi connectivity index (χ4v) is 2.63. The Morgan fingerprint density at radius 1 is 1.04 bits per heavy atom. The number of carbonyl (C=O) groups is 2. The normalized spacial score (nSPS) is 11.2. The summed E-state index contributed by atoms with van der Waals surface area (Å²) in [4.78, 5) is 27.8. The smallest absolute Gasteiger partial charge is 0.355 e. The average Bonchev–Trinajstić information content (AvgIpc) is 2.55. The second kappa shape index (κ2) is 7.33. The van der Waals surface area contributed by atoms with Crippen molar-refractivity contribution in [2.24, 2.45) is 0 Å². The molecule has 0 bridgehead atoms. The number of amides is 2. The van der Waals surface area contributed by atoms with Crippen LogP contribution in [0, 0.1) is 13.8 Å². The lowest BCUT2D eigenvalue weighted by Crippen LogP contribution is -2.23. The van der Waals surface area contributed by atoms with Crippen LogP contribution in [0.5, 0.6) is 0 Å². The van der Waals surface area contributed by atoms with Gasteiger partial charge in [-0.25, -0.2) is 0 Å². The molecule has 138 valence electrons. The molecule has 0 aliphatic rings. The maximum atomic E-state index is 12.7. The van der Waals surface area contributed by atoms with Gasteiger partial charge in [0.2, 0.25) is 0 Å². The quantitative estimate of drug-likeness (QED) is 0.839. The standard InChI is InChI=1S/C17H15ClF3N3O2/c1-8-5-13(17(19,20)21)23-7-12(8)16(26)24-14-9(2)4-10(18)6-11(14)15(25)22-3/h4-7H,1-3H3,(H,22,25)(H,24,26). The molecule has 0 atom stereocenters. The third kappa shape index (κ3) is 4.13.